The van der Waals surface area contributed by atoms with Gasteiger partial charge in [-0.2, -0.15) is 0 Å². The van der Waals surface area contributed by atoms with Crippen molar-refractivity contribution in [2.45, 2.75) is 121 Å². The molecular weight excluding hydrogens is 488 g/mol. The lowest BCUT2D eigenvalue weighted by Gasteiger charge is -2.64. The predicted octanol–water partition coefficient (Wildman–Crippen LogP) is 3.11. The number of ether oxygens (including phenoxy) is 4. The first-order valence-corrected chi connectivity index (χ1v) is 14.8. The van der Waals surface area contributed by atoms with Crippen LogP contribution in [0.3, 0.4) is 0 Å². The maximum Gasteiger partial charge on any atom is 0.331 e. The van der Waals surface area contributed by atoms with Crippen LogP contribution in [0.2, 0.25) is 0 Å². The Hall–Kier alpha value is -1.03. The predicted molar refractivity (Wildman–Crippen MR) is 138 cm³/mol. The van der Waals surface area contributed by atoms with Gasteiger partial charge in [0.15, 0.2) is 6.29 Å². The van der Waals surface area contributed by atoms with Crippen LogP contribution in [-0.4, -0.2) is 77.4 Å². The smallest absolute Gasteiger partial charge is 0.331 e. The highest BCUT2D eigenvalue weighted by atomic mass is 16.7. The molecule has 38 heavy (non-hydrogen) atoms. The third kappa shape index (κ3) is 3.88. The van der Waals surface area contributed by atoms with E-state index in [0.717, 1.165) is 63.4 Å². The van der Waals surface area contributed by atoms with Gasteiger partial charge in [-0.3, -0.25) is 0 Å². The zero-order valence-corrected chi connectivity index (χ0v) is 23.3. The van der Waals surface area contributed by atoms with Crippen LogP contribution in [-0.2, 0) is 23.7 Å². The van der Waals surface area contributed by atoms with Crippen LogP contribution in [0.4, 0.5) is 0 Å². The van der Waals surface area contributed by atoms with Gasteiger partial charge >= 0.3 is 5.97 Å². The molecule has 13 atom stereocenters. The van der Waals surface area contributed by atoms with Crippen molar-refractivity contribution in [3.05, 3.63) is 11.6 Å². The van der Waals surface area contributed by atoms with Crippen molar-refractivity contribution >= 4 is 5.97 Å². The quantitative estimate of drug-likeness (QED) is 0.372. The highest BCUT2D eigenvalue weighted by Crippen LogP contribution is 2.70. The molecule has 0 aromatic carbocycles. The Morgan fingerprint density at radius 2 is 1.79 bits per heavy atom. The minimum absolute atomic E-state index is 0.0103. The molecule has 3 unspecified atom stereocenters. The Kier molecular flexibility index (Phi) is 6.80. The number of carbonyl (C=O) groups excluding carboxylic acids is 1. The average molecular weight is 535 g/mol. The van der Waals surface area contributed by atoms with E-state index in [1.165, 1.54) is 7.11 Å². The monoisotopic (exact) mass is 534 g/mol. The SMILES string of the molecule is CO[C@H]1[C@@H](O)[C@@H](C)O[C@@H](O[C@H]2CC[C@]3(C)C4CC[C@]5(C)C(C6=CC(=O)OC6)CC[C@]5(O)C4CC[C@@H]3C2)[C@@H]1O. The molecule has 0 aromatic rings. The molecular formula is C30H46O8. The number of cyclic esters (lactones) is 1. The zero-order valence-electron chi connectivity index (χ0n) is 23.3. The highest BCUT2D eigenvalue weighted by molar-refractivity contribution is 5.85. The highest BCUT2D eigenvalue weighted by Gasteiger charge is 2.67. The van der Waals surface area contributed by atoms with Crippen molar-refractivity contribution in [2.75, 3.05) is 13.7 Å². The van der Waals surface area contributed by atoms with Crippen molar-refractivity contribution in [3.63, 3.8) is 0 Å². The van der Waals surface area contributed by atoms with Crippen LogP contribution in [0.5, 0.6) is 0 Å². The van der Waals surface area contributed by atoms with Gasteiger partial charge in [-0.05, 0) is 99.4 Å². The lowest BCUT2D eigenvalue weighted by molar-refractivity contribution is -0.313. The van der Waals surface area contributed by atoms with E-state index in [1.807, 2.05) is 0 Å². The van der Waals surface area contributed by atoms with Crippen LogP contribution in [0.15, 0.2) is 11.6 Å². The third-order valence-corrected chi connectivity index (χ3v) is 12.3. The summed E-state index contributed by atoms with van der Waals surface area (Å²) in [7, 11) is 1.49. The summed E-state index contributed by atoms with van der Waals surface area (Å²) in [6.07, 6.45) is 6.45. The summed E-state index contributed by atoms with van der Waals surface area (Å²) in [6, 6.07) is 0. The fourth-order valence-electron chi connectivity index (χ4n) is 10.1. The summed E-state index contributed by atoms with van der Waals surface area (Å²) in [5.41, 5.74) is 0.300. The average Bonchev–Trinajstić information content (AvgIpc) is 3.43. The second-order valence-corrected chi connectivity index (χ2v) is 13.7. The molecule has 6 aliphatic rings. The summed E-state index contributed by atoms with van der Waals surface area (Å²) < 4.78 is 22.8. The Morgan fingerprint density at radius 3 is 2.50 bits per heavy atom. The molecule has 1 saturated heterocycles. The van der Waals surface area contributed by atoms with E-state index in [2.05, 4.69) is 13.8 Å². The van der Waals surface area contributed by atoms with Gasteiger partial charge < -0.3 is 34.3 Å². The van der Waals surface area contributed by atoms with E-state index >= 15 is 0 Å². The number of methoxy groups -OCH3 is 1. The molecule has 214 valence electrons. The number of aliphatic hydroxyl groups excluding tert-OH is 2. The number of rotatable bonds is 4. The largest absolute Gasteiger partial charge is 0.458 e. The van der Waals surface area contributed by atoms with Gasteiger partial charge in [-0.15, -0.1) is 0 Å². The van der Waals surface area contributed by atoms with Gasteiger partial charge in [0.1, 0.15) is 24.9 Å². The molecule has 4 aliphatic carbocycles. The van der Waals surface area contributed by atoms with Crippen molar-refractivity contribution in [1.29, 1.82) is 0 Å². The molecule has 3 N–H and O–H groups in total. The molecule has 2 aliphatic heterocycles. The van der Waals surface area contributed by atoms with E-state index in [-0.39, 0.29) is 34.7 Å². The molecule has 0 radical (unpaired) electrons. The minimum atomic E-state index is -1.04. The van der Waals surface area contributed by atoms with Crippen molar-refractivity contribution in [3.8, 4) is 0 Å². The van der Waals surface area contributed by atoms with Gasteiger partial charge in [-0.1, -0.05) is 13.8 Å². The molecule has 6 rings (SSSR count). The van der Waals surface area contributed by atoms with Crippen LogP contribution >= 0.6 is 0 Å². The van der Waals surface area contributed by atoms with Crippen LogP contribution in [0, 0.1) is 34.5 Å². The fourth-order valence-corrected chi connectivity index (χ4v) is 10.1. The van der Waals surface area contributed by atoms with E-state index < -0.39 is 36.3 Å². The molecule has 0 spiro atoms. The van der Waals surface area contributed by atoms with Gasteiger partial charge in [-0.25, -0.2) is 4.79 Å². The number of aliphatic hydroxyl groups is 3. The maximum absolute atomic E-state index is 12.4. The van der Waals surface area contributed by atoms with E-state index in [9.17, 15) is 20.1 Å². The number of carbonyl (C=O) groups is 1. The second kappa shape index (κ2) is 9.52. The Morgan fingerprint density at radius 1 is 1.00 bits per heavy atom. The molecule has 8 heteroatoms. The first kappa shape index (κ1) is 27.2. The number of fused-ring (bicyclic) bond motifs is 5. The summed E-state index contributed by atoms with van der Waals surface area (Å²) in [4.78, 5) is 11.8. The molecule has 8 nitrogen and oxygen atoms in total. The topological polar surface area (TPSA) is 115 Å². The van der Waals surface area contributed by atoms with Crippen LogP contribution in [0.1, 0.15) is 78.6 Å². The summed E-state index contributed by atoms with van der Waals surface area (Å²) >= 11 is 0. The normalized spacial score (nSPS) is 54.5. The van der Waals surface area contributed by atoms with Crippen LogP contribution < -0.4 is 0 Å². The molecule has 5 fully saturated rings. The van der Waals surface area contributed by atoms with E-state index in [0.29, 0.717) is 18.4 Å². The van der Waals surface area contributed by atoms with Crippen LogP contribution in [0.25, 0.3) is 0 Å². The molecule has 2 heterocycles. The van der Waals surface area contributed by atoms with Gasteiger partial charge in [0.25, 0.3) is 0 Å². The first-order chi connectivity index (χ1) is 18.0. The molecule has 0 amide bonds. The molecule has 0 bridgehead atoms. The number of hydrogen-bond donors (Lipinski definition) is 3. The second-order valence-electron chi connectivity index (χ2n) is 13.7. The van der Waals surface area contributed by atoms with Crippen molar-refractivity contribution < 1.29 is 39.1 Å². The summed E-state index contributed by atoms with van der Waals surface area (Å²) in [6.45, 7) is 6.87. The third-order valence-electron chi connectivity index (χ3n) is 12.3. The summed E-state index contributed by atoms with van der Waals surface area (Å²) in [5.74, 6) is 1.22. The molecule has 4 saturated carbocycles. The minimum Gasteiger partial charge on any atom is -0.458 e. The lowest BCUT2D eigenvalue weighted by atomic mass is 9.43. The summed E-state index contributed by atoms with van der Waals surface area (Å²) in [5, 5.41) is 33.5. The van der Waals surface area contributed by atoms with E-state index in [1.54, 1.807) is 13.0 Å². The molecule has 0 aromatic heterocycles. The Balaban J connectivity index is 1.16. The van der Waals surface area contributed by atoms with Gasteiger partial charge in [0.2, 0.25) is 0 Å². The van der Waals surface area contributed by atoms with Gasteiger partial charge in [0, 0.05) is 18.6 Å². The fraction of sp³-hybridized carbons (Fsp3) is 0.900. The number of hydrogen-bond acceptors (Lipinski definition) is 8. The first-order valence-electron chi connectivity index (χ1n) is 14.8. The Labute approximate surface area is 226 Å². The number of esters is 1. The maximum atomic E-state index is 12.4. The zero-order chi connectivity index (χ0) is 27.0. The Bertz CT molecular complexity index is 968. The van der Waals surface area contributed by atoms with Gasteiger partial charge in [0.05, 0.1) is 17.8 Å². The standard InChI is InChI=1S/C30H46O8/c1-16-24(32)26(35-4)25(33)27(37-16)38-19-7-10-28(2)18(14-19)5-6-22-21(28)8-11-29(3)20(9-12-30(22,29)34)17-13-23(31)36-15-17/h13,16,18-22,24-27,32-34H,5-12,14-15H2,1-4H3/t16-,18-,19+,20?,21?,22?,24+,25-,26+,27+,28+,29-,30+/m1/s1. The van der Waals surface area contributed by atoms with Crippen molar-refractivity contribution in [2.24, 2.45) is 34.5 Å². The van der Waals surface area contributed by atoms with E-state index in [4.69, 9.17) is 18.9 Å². The lowest BCUT2D eigenvalue weighted by Crippen LogP contribution is -2.62. The van der Waals surface area contributed by atoms with Crippen molar-refractivity contribution in [1.82, 2.24) is 0 Å².